The minimum atomic E-state index is -0.214. The normalized spacial score (nSPS) is 10.9. The molecule has 1 N–H and O–H groups in total. The number of aromatic amines is 1. The zero-order chi connectivity index (χ0) is 21.6. The number of benzene rings is 2. The van der Waals surface area contributed by atoms with Crippen LogP contribution in [0.2, 0.25) is 0 Å². The Morgan fingerprint density at radius 2 is 1.97 bits per heavy atom. The molecule has 2 heterocycles. The highest BCUT2D eigenvalue weighted by atomic mass is 32.1. The molecule has 4 aromatic rings. The van der Waals surface area contributed by atoms with E-state index in [2.05, 4.69) is 22.1 Å². The number of carbonyl (C=O) groups is 1. The van der Waals surface area contributed by atoms with Gasteiger partial charge in [0.2, 0.25) is 0 Å². The van der Waals surface area contributed by atoms with Crippen molar-refractivity contribution in [3.63, 3.8) is 0 Å². The van der Waals surface area contributed by atoms with Gasteiger partial charge < -0.3 is 19.2 Å². The Morgan fingerprint density at radius 1 is 1.10 bits per heavy atom. The van der Waals surface area contributed by atoms with Gasteiger partial charge in [-0.2, -0.15) is 0 Å². The molecule has 0 aliphatic carbocycles. The number of hydrogen-bond acceptors (Lipinski definition) is 6. The summed E-state index contributed by atoms with van der Waals surface area (Å²) < 4.78 is 16.3. The number of carbonyl (C=O) groups excluding carboxylic acids is 1. The lowest BCUT2D eigenvalue weighted by Gasteiger charge is -2.10. The number of aromatic nitrogens is 2. The van der Waals surface area contributed by atoms with Crippen LogP contribution in [-0.4, -0.2) is 30.2 Å². The van der Waals surface area contributed by atoms with Crippen LogP contribution in [0, 0.1) is 0 Å². The summed E-state index contributed by atoms with van der Waals surface area (Å²) in [4.78, 5) is 20.0. The second kappa shape index (κ2) is 9.66. The van der Waals surface area contributed by atoms with Crippen LogP contribution in [0.1, 0.15) is 24.1 Å². The van der Waals surface area contributed by atoms with Crippen LogP contribution in [0.25, 0.3) is 21.5 Å². The molecule has 0 spiro atoms. The topological polar surface area (TPSA) is 73.4 Å². The Balaban J connectivity index is 1.30. The molecule has 0 radical (unpaired) electrons. The van der Waals surface area contributed by atoms with Crippen molar-refractivity contribution in [2.45, 2.75) is 25.9 Å². The number of rotatable bonds is 9. The van der Waals surface area contributed by atoms with Crippen molar-refractivity contribution in [2.75, 3.05) is 14.2 Å². The summed E-state index contributed by atoms with van der Waals surface area (Å²) in [5.74, 6) is 1.08. The van der Waals surface area contributed by atoms with Crippen molar-refractivity contribution >= 4 is 28.2 Å². The minimum absolute atomic E-state index is 0.161. The zero-order valence-electron chi connectivity index (χ0n) is 17.5. The molecule has 0 bridgehead atoms. The van der Waals surface area contributed by atoms with Gasteiger partial charge in [0.05, 0.1) is 25.5 Å². The number of hydrogen-bond donors (Lipinski definition) is 1. The average Bonchev–Trinajstić information content (AvgIpc) is 3.44. The van der Waals surface area contributed by atoms with Crippen molar-refractivity contribution in [1.82, 2.24) is 9.97 Å². The quantitative estimate of drug-likeness (QED) is 0.357. The number of methoxy groups -OCH3 is 2. The lowest BCUT2D eigenvalue weighted by Crippen LogP contribution is -2.05. The van der Waals surface area contributed by atoms with Crippen LogP contribution in [0.15, 0.2) is 54.0 Å². The molecule has 0 saturated heterocycles. The second-order valence-electron chi connectivity index (χ2n) is 7.06. The molecule has 2 aromatic heterocycles. The van der Waals surface area contributed by atoms with E-state index in [0.29, 0.717) is 17.9 Å². The maximum Gasteiger partial charge on any atom is 0.306 e. The van der Waals surface area contributed by atoms with Gasteiger partial charge in [-0.05, 0) is 36.6 Å². The number of thiazole rings is 1. The molecule has 0 aliphatic rings. The fourth-order valence-corrected chi connectivity index (χ4v) is 4.37. The third-order valence-electron chi connectivity index (χ3n) is 5.07. The number of nitrogens with one attached hydrogen (secondary N) is 1. The molecule has 160 valence electrons. The molecule has 0 fully saturated rings. The van der Waals surface area contributed by atoms with E-state index >= 15 is 0 Å². The van der Waals surface area contributed by atoms with E-state index in [-0.39, 0.29) is 12.6 Å². The molecule has 31 heavy (non-hydrogen) atoms. The average molecular weight is 437 g/mol. The Morgan fingerprint density at radius 3 is 2.81 bits per heavy atom. The van der Waals surface area contributed by atoms with Crippen molar-refractivity contribution in [2.24, 2.45) is 0 Å². The van der Waals surface area contributed by atoms with Gasteiger partial charge >= 0.3 is 5.97 Å². The molecule has 4 rings (SSSR count). The first-order valence-corrected chi connectivity index (χ1v) is 10.9. The molecule has 0 aliphatic heterocycles. The summed E-state index contributed by atoms with van der Waals surface area (Å²) >= 11 is 1.48. The first-order chi connectivity index (χ1) is 15.2. The lowest BCUT2D eigenvalue weighted by molar-refractivity contribution is -0.145. The van der Waals surface area contributed by atoms with Gasteiger partial charge in [-0.15, -0.1) is 11.3 Å². The molecule has 0 atom stereocenters. The summed E-state index contributed by atoms with van der Waals surface area (Å²) in [6.45, 7) is 0.161. The van der Waals surface area contributed by atoms with E-state index in [1.54, 1.807) is 14.2 Å². The number of H-pyrrole nitrogens is 1. The van der Waals surface area contributed by atoms with E-state index in [0.717, 1.165) is 34.6 Å². The van der Waals surface area contributed by atoms with Crippen LogP contribution < -0.4 is 9.47 Å². The predicted molar refractivity (Wildman–Crippen MR) is 122 cm³/mol. The highest BCUT2D eigenvalue weighted by Crippen LogP contribution is 2.39. The summed E-state index contributed by atoms with van der Waals surface area (Å²) in [6.07, 6.45) is 3.96. The third kappa shape index (κ3) is 4.72. The Bertz CT molecular complexity index is 1180. The Kier molecular flexibility index (Phi) is 6.52. The first kappa shape index (κ1) is 20.9. The van der Waals surface area contributed by atoms with Gasteiger partial charge in [0, 0.05) is 28.9 Å². The number of fused-ring (bicyclic) bond motifs is 1. The molecule has 7 heteroatoms. The van der Waals surface area contributed by atoms with Gasteiger partial charge in [0.25, 0.3) is 0 Å². The molecule has 2 aromatic carbocycles. The predicted octanol–water partition coefficient (Wildman–Crippen LogP) is 5.37. The van der Waals surface area contributed by atoms with E-state index in [9.17, 15) is 4.79 Å². The standard InChI is InChI=1S/C24H24N2O4S/c1-28-21-11-6-9-19(23(21)29-2)24-26-17(15-31-24)14-30-22(27)12-5-7-16-13-25-20-10-4-3-8-18(16)20/h3-4,6,8-11,13,15,25H,5,7,12,14H2,1-2H3. The summed E-state index contributed by atoms with van der Waals surface area (Å²) in [6, 6.07) is 13.8. The lowest BCUT2D eigenvalue weighted by atomic mass is 10.1. The molecular formula is C24H24N2O4S. The highest BCUT2D eigenvalue weighted by molar-refractivity contribution is 7.13. The maximum absolute atomic E-state index is 12.2. The van der Waals surface area contributed by atoms with Crippen LogP contribution in [-0.2, 0) is 22.6 Å². The fraction of sp³-hybridized carbons (Fsp3) is 0.250. The zero-order valence-corrected chi connectivity index (χ0v) is 18.3. The van der Waals surface area contributed by atoms with Crippen LogP contribution >= 0.6 is 11.3 Å². The largest absolute Gasteiger partial charge is 0.493 e. The SMILES string of the molecule is COc1cccc(-c2nc(COC(=O)CCCc3c[nH]c4ccccc34)cs2)c1OC. The Labute approximate surface area is 184 Å². The van der Waals surface area contributed by atoms with E-state index in [4.69, 9.17) is 14.2 Å². The number of para-hydroxylation sites is 2. The number of esters is 1. The van der Waals surface area contributed by atoms with Crippen molar-refractivity contribution in [3.05, 3.63) is 65.3 Å². The first-order valence-electron chi connectivity index (χ1n) is 10.1. The van der Waals surface area contributed by atoms with Gasteiger partial charge in [-0.25, -0.2) is 4.98 Å². The van der Waals surface area contributed by atoms with Gasteiger partial charge in [-0.1, -0.05) is 24.3 Å². The number of aryl methyl sites for hydroxylation is 1. The van der Waals surface area contributed by atoms with Crippen molar-refractivity contribution in [3.8, 4) is 22.1 Å². The molecule has 0 saturated carbocycles. The summed E-state index contributed by atoms with van der Waals surface area (Å²) in [7, 11) is 3.21. The fourth-order valence-electron chi connectivity index (χ4n) is 3.54. The van der Waals surface area contributed by atoms with Gasteiger partial charge in [0.1, 0.15) is 11.6 Å². The summed E-state index contributed by atoms with van der Waals surface area (Å²) in [5, 5.41) is 3.90. The minimum Gasteiger partial charge on any atom is -0.493 e. The van der Waals surface area contributed by atoms with E-state index in [1.807, 2.05) is 41.9 Å². The molecule has 0 amide bonds. The van der Waals surface area contributed by atoms with Gasteiger partial charge in [-0.3, -0.25) is 4.79 Å². The van der Waals surface area contributed by atoms with E-state index in [1.165, 1.54) is 22.3 Å². The van der Waals surface area contributed by atoms with Crippen LogP contribution in [0.3, 0.4) is 0 Å². The van der Waals surface area contributed by atoms with E-state index < -0.39 is 0 Å². The smallest absolute Gasteiger partial charge is 0.306 e. The molecule has 0 unspecified atom stereocenters. The summed E-state index contributed by atoms with van der Waals surface area (Å²) in [5.41, 5.74) is 3.91. The highest BCUT2D eigenvalue weighted by Gasteiger charge is 2.15. The van der Waals surface area contributed by atoms with Crippen LogP contribution in [0.4, 0.5) is 0 Å². The molecular weight excluding hydrogens is 412 g/mol. The third-order valence-corrected chi connectivity index (χ3v) is 5.99. The van der Waals surface area contributed by atoms with Gasteiger partial charge in [0.15, 0.2) is 11.5 Å². The second-order valence-corrected chi connectivity index (χ2v) is 7.92. The number of nitrogens with zero attached hydrogens (tertiary/aromatic N) is 1. The number of ether oxygens (including phenoxy) is 3. The van der Waals surface area contributed by atoms with Crippen LogP contribution in [0.5, 0.6) is 11.5 Å². The Hall–Kier alpha value is -3.32. The molecule has 6 nitrogen and oxygen atoms in total. The van der Waals surface area contributed by atoms with Crippen molar-refractivity contribution < 1.29 is 19.0 Å². The monoisotopic (exact) mass is 436 g/mol. The maximum atomic E-state index is 12.2. The van der Waals surface area contributed by atoms with Crippen molar-refractivity contribution in [1.29, 1.82) is 0 Å².